The molecule has 98 valence electrons. The minimum absolute atomic E-state index is 0.365. The van der Waals surface area contributed by atoms with Crippen LogP contribution in [0.2, 0.25) is 0 Å². The quantitative estimate of drug-likeness (QED) is 0.765. The van der Waals surface area contributed by atoms with Gasteiger partial charge in [0, 0.05) is 26.1 Å². The molecule has 0 aromatic heterocycles. The number of Topliss-reactive ketones (excluding diaryl/α,β-unsaturated/α-hetero) is 1. The third-order valence-electron chi connectivity index (χ3n) is 2.76. The molecular formula is C14H19NO3. The van der Waals surface area contributed by atoms with E-state index < -0.39 is 11.7 Å². The summed E-state index contributed by atoms with van der Waals surface area (Å²) in [6, 6.07) is 3.99. The van der Waals surface area contributed by atoms with Crippen molar-refractivity contribution in [3.05, 3.63) is 28.8 Å². The Hall–Kier alpha value is -1.84. The molecule has 0 N–H and O–H groups in total. The molecule has 0 aliphatic rings. The number of methoxy groups -OCH3 is 1. The lowest BCUT2D eigenvalue weighted by Crippen LogP contribution is -2.31. The summed E-state index contributed by atoms with van der Waals surface area (Å²) in [5, 5.41) is 0. The zero-order valence-electron chi connectivity index (χ0n) is 11.5. The SMILES string of the molecule is COc1c(C)cc(C)cc1CN(C)C(=O)C(C)=O. The maximum absolute atomic E-state index is 11.6. The van der Waals surface area contributed by atoms with Crippen LogP contribution in [0.5, 0.6) is 5.75 Å². The second kappa shape index (κ2) is 5.67. The number of aryl methyl sites for hydroxylation is 2. The Labute approximate surface area is 108 Å². The molecule has 0 atom stereocenters. The van der Waals surface area contributed by atoms with Gasteiger partial charge in [0.1, 0.15) is 5.75 Å². The first-order valence-corrected chi connectivity index (χ1v) is 5.77. The average Bonchev–Trinajstić information content (AvgIpc) is 2.27. The first-order valence-electron chi connectivity index (χ1n) is 5.77. The van der Waals surface area contributed by atoms with Crippen molar-refractivity contribution in [2.75, 3.05) is 14.2 Å². The second-order valence-electron chi connectivity index (χ2n) is 4.49. The number of nitrogens with zero attached hydrogens (tertiary/aromatic N) is 1. The van der Waals surface area contributed by atoms with E-state index in [9.17, 15) is 9.59 Å². The zero-order valence-corrected chi connectivity index (χ0v) is 11.5. The van der Waals surface area contributed by atoms with Crippen LogP contribution >= 0.6 is 0 Å². The smallest absolute Gasteiger partial charge is 0.289 e. The van der Waals surface area contributed by atoms with Crippen molar-refractivity contribution < 1.29 is 14.3 Å². The van der Waals surface area contributed by atoms with Crippen molar-refractivity contribution >= 4 is 11.7 Å². The Balaban J connectivity index is 3.03. The summed E-state index contributed by atoms with van der Waals surface area (Å²) in [6.07, 6.45) is 0. The van der Waals surface area contributed by atoms with Gasteiger partial charge >= 0.3 is 0 Å². The highest BCUT2D eigenvalue weighted by atomic mass is 16.5. The average molecular weight is 249 g/mol. The van der Waals surface area contributed by atoms with Crippen LogP contribution in [0.3, 0.4) is 0 Å². The van der Waals surface area contributed by atoms with Gasteiger partial charge in [0.15, 0.2) is 0 Å². The number of carbonyl (C=O) groups excluding carboxylic acids is 2. The van der Waals surface area contributed by atoms with Crippen LogP contribution in [-0.2, 0) is 16.1 Å². The number of likely N-dealkylation sites (N-methyl/N-ethyl adjacent to an activating group) is 1. The molecule has 1 rings (SSSR count). The van der Waals surface area contributed by atoms with Gasteiger partial charge in [-0.2, -0.15) is 0 Å². The molecule has 0 bridgehead atoms. The highest BCUT2D eigenvalue weighted by Crippen LogP contribution is 2.26. The third kappa shape index (κ3) is 3.09. The maximum atomic E-state index is 11.6. The molecule has 18 heavy (non-hydrogen) atoms. The molecule has 0 heterocycles. The molecule has 1 aromatic carbocycles. The van der Waals surface area contributed by atoms with Crippen LogP contribution in [0, 0.1) is 13.8 Å². The lowest BCUT2D eigenvalue weighted by molar-refractivity contribution is -0.143. The summed E-state index contributed by atoms with van der Waals surface area (Å²) in [5.41, 5.74) is 3.04. The molecule has 4 heteroatoms. The largest absolute Gasteiger partial charge is 0.496 e. The molecule has 0 radical (unpaired) electrons. The van der Waals surface area contributed by atoms with Gasteiger partial charge in [-0.1, -0.05) is 17.7 Å². The normalized spacial score (nSPS) is 10.1. The number of hydrogen-bond donors (Lipinski definition) is 0. The molecule has 0 saturated heterocycles. The number of benzene rings is 1. The summed E-state index contributed by atoms with van der Waals surface area (Å²) >= 11 is 0. The van der Waals surface area contributed by atoms with Crippen molar-refractivity contribution in [1.29, 1.82) is 0 Å². The lowest BCUT2D eigenvalue weighted by atomic mass is 10.0. The first kappa shape index (κ1) is 14.2. The van der Waals surface area contributed by atoms with E-state index >= 15 is 0 Å². The second-order valence-corrected chi connectivity index (χ2v) is 4.49. The van der Waals surface area contributed by atoms with Crippen molar-refractivity contribution in [1.82, 2.24) is 4.90 Å². The van der Waals surface area contributed by atoms with Crippen molar-refractivity contribution in [3.63, 3.8) is 0 Å². The van der Waals surface area contributed by atoms with E-state index in [4.69, 9.17) is 4.74 Å². The monoisotopic (exact) mass is 249 g/mol. The number of amides is 1. The zero-order chi connectivity index (χ0) is 13.9. The third-order valence-corrected chi connectivity index (χ3v) is 2.76. The fourth-order valence-corrected chi connectivity index (χ4v) is 2.05. The van der Waals surface area contributed by atoms with Crippen LogP contribution < -0.4 is 4.74 Å². The molecule has 4 nitrogen and oxygen atoms in total. The van der Waals surface area contributed by atoms with Crippen LogP contribution in [0.25, 0.3) is 0 Å². The van der Waals surface area contributed by atoms with Gasteiger partial charge in [-0.05, 0) is 19.4 Å². The Morgan fingerprint density at radius 2 is 1.89 bits per heavy atom. The number of ether oxygens (including phenoxy) is 1. The van der Waals surface area contributed by atoms with E-state index in [1.165, 1.54) is 11.8 Å². The van der Waals surface area contributed by atoms with E-state index in [-0.39, 0.29) is 0 Å². The number of hydrogen-bond acceptors (Lipinski definition) is 3. The molecule has 0 fully saturated rings. The molecule has 0 aliphatic carbocycles. The highest BCUT2D eigenvalue weighted by Gasteiger charge is 2.16. The van der Waals surface area contributed by atoms with E-state index in [1.807, 2.05) is 26.0 Å². The summed E-state index contributed by atoms with van der Waals surface area (Å²) in [5.74, 6) is -0.180. The summed E-state index contributed by atoms with van der Waals surface area (Å²) in [6.45, 7) is 5.59. The Bertz CT molecular complexity index is 480. The summed E-state index contributed by atoms with van der Waals surface area (Å²) < 4.78 is 5.35. The van der Waals surface area contributed by atoms with Crippen molar-refractivity contribution in [2.24, 2.45) is 0 Å². The fraction of sp³-hybridized carbons (Fsp3) is 0.429. The van der Waals surface area contributed by atoms with Gasteiger partial charge in [-0.3, -0.25) is 9.59 Å². The van der Waals surface area contributed by atoms with Gasteiger partial charge in [0.2, 0.25) is 5.78 Å². The van der Waals surface area contributed by atoms with E-state index in [0.717, 1.165) is 22.4 Å². The van der Waals surface area contributed by atoms with E-state index in [0.29, 0.717) is 6.54 Å². The van der Waals surface area contributed by atoms with Crippen LogP contribution in [0.4, 0.5) is 0 Å². The first-order chi connectivity index (χ1) is 8.36. The fourth-order valence-electron chi connectivity index (χ4n) is 2.05. The molecule has 0 aliphatic heterocycles. The maximum Gasteiger partial charge on any atom is 0.289 e. The van der Waals surface area contributed by atoms with Crippen LogP contribution in [-0.4, -0.2) is 30.7 Å². The van der Waals surface area contributed by atoms with Crippen LogP contribution in [0.15, 0.2) is 12.1 Å². The van der Waals surface area contributed by atoms with Gasteiger partial charge in [0.05, 0.1) is 7.11 Å². The topological polar surface area (TPSA) is 46.6 Å². The minimum Gasteiger partial charge on any atom is -0.496 e. The minimum atomic E-state index is -0.490. The molecule has 1 amide bonds. The Morgan fingerprint density at radius 3 is 2.39 bits per heavy atom. The molecule has 0 saturated carbocycles. The predicted octanol–water partition coefficient (Wildman–Crippen LogP) is 1.86. The molecule has 0 unspecified atom stereocenters. The van der Waals surface area contributed by atoms with E-state index in [2.05, 4.69) is 0 Å². The Kier molecular flexibility index (Phi) is 4.48. The predicted molar refractivity (Wildman–Crippen MR) is 69.6 cm³/mol. The number of carbonyl (C=O) groups is 2. The van der Waals surface area contributed by atoms with Gasteiger partial charge in [0.25, 0.3) is 5.91 Å². The van der Waals surface area contributed by atoms with Crippen molar-refractivity contribution in [3.8, 4) is 5.75 Å². The summed E-state index contributed by atoms with van der Waals surface area (Å²) in [7, 11) is 3.22. The number of rotatable bonds is 4. The van der Waals surface area contributed by atoms with E-state index in [1.54, 1.807) is 14.2 Å². The molecule has 1 aromatic rings. The van der Waals surface area contributed by atoms with Gasteiger partial charge in [-0.15, -0.1) is 0 Å². The van der Waals surface area contributed by atoms with Crippen molar-refractivity contribution in [2.45, 2.75) is 27.3 Å². The standard InChI is InChI=1S/C14H19NO3/c1-9-6-10(2)13(18-5)12(7-9)8-15(4)14(17)11(3)16/h6-7H,8H2,1-5H3. The van der Waals surface area contributed by atoms with Gasteiger partial charge in [-0.25, -0.2) is 0 Å². The molecular weight excluding hydrogens is 230 g/mol. The number of ketones is 1. The summed E-state index contributed by atoms with van der Waals surface area (Å²) in [4.78, 5) is 24.0. The Morgan fingerprint density at radius 1 is 1.28 bits per heavy atom. The van der Waals surface area contributed by atoms with Gasteiger partial charge < -0.3 is 9.64 Å². The highest BCUT2D eigenvalue weighted by molar-refractivity contribution is 6.34. The lowest BCUT2D eigenvalue weighted by Gasteiger charge is -2.19. The molecule has 0 spiro atoms. The van der Waals surface area contributed by atoms with Crippen LogP contribution in [0.1, 0.15) is 23.6 Å².